The lowest BCUT2D eigenvalue weighted by atomic mass is 10.2. The summed E-state index contributed by atoms with van der Waals surface area (Å²) < 4.78 is 4.50. The molecule has 0 atom stereocenters. The second kappa shape index (κ2) is 6.67. The SMILES string of the molecule is Cc1cnn(CCCCCSc2nnc(C3CC3)n2C2CC2)c1. The van der Waals surface area contributed by atoms with Crippen molar-refractivity contribution in [1.82, 2.24) is 24.5 Å². The van der Waals surface area contributed by atoms with Gasteiger partial charge in [-0.05, 0) is 51.0 Å². The predicted octanol–water partition coefficient (Wildman–Crippen LogP) is 3.96. The molecule has 2 aliphatic rings. The highest BCUT2D eigenvalue weighted by molar-refractivity contribution is 7.99. The Bertz CT molecular complexity index is 654. The molecule has 23 heavy (non-hydrogen) atoms. The van der Waals surface area contributed by atoms with E-state index in [9.17, 15) is 0 Å². The summed E-state index contributed by atoms with van der Waals surface area (Å²) >= 11 is 1.90. The van der Waals surface area contributed by atoms with Gasteiger partial charge in [0.2, 0.25) is 0 Å². The summed E-state index contributed by atoms with van der Waals surface area (Å²) in [5, 5.41) is 14.4. The van der Waals surface area contributed by atoms with Gasteiger partial charge < -0.3 is 4.57 Å². The highest BCUT2D eigenvalue weighted by Gasteiger charge is 2.36. The molecular formula is C17H25N5S. The van der Waals surface area contributed by atoms with E-state index in [1.807, 2.05) is 22.6 Å². The highest BCUT2D eigenvalue weighted by Crippen LogP contribution is 2.46. The molecule has 0 aliphatic heterocycles. The molecule has 0 saturated heterocycles. The number of unbranched alkanes of at least 4 members (excludes halogenated alkanes) is 2. The maximum atomic E-state index is 4.48. The fraction of sp³-hybridized carbons (Fsp3) is 0.706. The smallest absolute Gasteiger partial charge is 0.191 e. The van der Waals surface area contributed by atoms with Gasteiger partial charge in [-0.15, -0.1) is 10.2 Å². The molecule has 4 rings (SSSR count). The molecule has 0 unspecified atom stereocenters. The third-order valence-corrected chi connectivity index (χ3v) is 5.60. The van der Waals surface area contributed by atoms with Crippen LogP contribution >= 0.6 is 11.8 Å². The summed E-state index contributed by atoms with van der Waals surface area (Å²) in [4.78, 5) is 0. The fourth-order valence-electron chi connectivity index (χ4n) is 2.99. The summed E-state index contributed by atoms with van der Waals surface area (Å²) in [6, 6.07) is 0.700. The number of hydrogen-bond acceptors (Lipinski definition) is 4. The minimum atomic E-state index is 0.700. The normalized spacial score (nSPS) is 17.8. The van der Waals surface area contributed by atoms with Gasteiger partial charge in [-0.3, -0.25) is 4.68 Å². The van der Waals surface area contributed by atoms with Gasteiger partial charge in [0.05, 0.1) is 6.20 Å². The molecule has 0 bridgehead atoms. The first-order valence-corrected chi connectivity index (χ1v) is 9.86. The Morgan fingerprint density at radius 3 is 2.70 bits per heavy atom. The Morgan fingerprint density at radius 1 is 1.13 bits per heavy atom. The molecular weight excluding hydrogens is 306 g/mol. The zero-order valence-electron chi connectivity index (χ0n) is 13.8. The van der Waals surface area contributed by atoms with E-state index in [0.29, 0.717) is 12.0 Å². The van der Waals surface area contributed by atoms with E-state index in [1.165, 1.54) is 56.3 Å². The Balaban J connectivity index is 1.21. The van der Waals surface area contributed by atoms with Crippen LogP contribution in [0.1, 0.15) is 68.3 Å². The van der Waals surface area contributed by atoms with Crippen molar-refractivity contribution in [3.8, 4) is 0 Å². The zero-order chi connectivity index (χ0) is 15.6. The van der Waals surface area contributed by atoms with E-state index in [0.717, 1.165) is 17.5 Å². The third-order valence-electron chi connectivity index (χ3n) is 4.57. The van der Waals surface area contributed by atoms with Crippen LogP contribution in [0.5, 0.6) is 0 Å². The van der Waals surface area contributed by atoms with Crippen LogP contribution in [0.2, 0.25) is 0 Å². The number of nitrogens with zero attached hydrogens (tertiary/aromatic N) is 5. The molecule has 0 spiro atoms. The average molecular weight is 331 g/mol. The van der Waals surface area contributed by atoms with Gasteiger partial charge in [0.25, 0.3) is 0 Å². The maximum absolute atomic E-state index is 4.48. The molecule has 5 nitrogen and oxygen atoms in total. The molecule has 0 aromatic carbocycles. The highest BCUT2D eigenvalue weighted by atomic mass is 32.2. The van der Waals surface area contributed by atoms with E-state index < -0.39 is 0 Å². The maximum Gasteiger partial charge on any atom is 0.191 e. The van der Waals surface area contributed by atoms with Crippen LogP contribution in [-0.2, 0) is 6.54 Å². The number of thioether (sulfide) groups is 1. The number of aryl methyl sites for hydroxylation is 2. The Labute approximate surface area is 141 Å². The van der Waals surface area contributed by atoms with Crippen LogP contribution in [0.15, 0.2) is 17.6 Å². The molecule has 2 heterocycles. The van der Waals surface area contributed by atoms with Crippen LogP contribution in [0.25, 0.3) is 0 Å². The van der Waals surface area contributed by atoms with E-state index >= 15 is 0 Å². The van der Waals surface area contributed by atoms with Crippen molar-refractivity contribution in [3.63, 3.8) is 0 Å². The largest absolute Gasteiger partial charge is 0.303 e. The monoisotopic (exact) mass is 331 g/mol. The van der Waals surface area contributed by atoms with Gasteiger partial charge in [0.1, 0.15) is 5.82 Å². The molecule has 2 saturated carbocycles. The Morgan fingerprint density at radius 2 is 2.00 bits per heavy atom. The van der Waals surface area contributed by atoms with Crippen LogP contribution in [-0.4, -0.2) is 30.3 Å². The standard InChI is InChI=1S/C17H25N5S/c1-13-11-18-21(12-13)9-3-2-4-10-23-17-20-19-16(14-5-6-14)22(17)15-7-8-15/h11-12,14-15H,2-10H2,1H3. The lowest BCUT2D eigenvalue weighted by molar-refractivity contribution is 0.554. The first-order chi connectivity index (χ1) is 11.3. The van der Waals surface area contributed by atoms with Gasteiger partial charge in [0.15, 0.2) is 5.16 Å². The van der Waals surface area contributed by atoms with Crippen molar-refractivity contribution in [3.05, 3.63) is 23.8 Å². The topological polar surface area (TPSA) is 48.5 Å². The lowest BCUT2D eigenvalue weighted by Crippen LogP contribution is -2.02. The van der Waals surface area contributed by atoms with E-state index in [2.05, 4.69) is 33.0 Å². The van der Waals surface area contributed by atoms with Gasteiger partial charge in [-0.1, -0.05) is 18.2 Å². The molecule has 2 fully saturated rings. The molecule has 124 valence electrons. The number of rotatable bonds is 9. The minimum Gasteiger partial charge on any atom is -0.303 e. The van der Waals surface area contributed by atoms with Gasteiger partial charge in [-0.2, -0.15) is 5.10 Å². The first-order valence-electron chi connectivity index (χ1n) is 8.88. The summed E-state index contributed by atoms with van der Waals surface area (Å²) in [6.45, 7) is 3.12. The van der Waals surface area contributed by atoms with Crippen LogP contribution in [0.3, 0.4) is 0 Å². The Hall–Kier alpha value is -1.30. The molecule has 0 N–H and O–H groups in total. The van der Waals surface area contributed by atoms with Crippen LogP contribution < -0.4 is 0 Å². The van der Waals surface area contributed by atoms with Crippen molar-refractivity contribution < 1.29 is 0 Å². The van der Waals surface area contributed by atoms with Crippen molar-refractivity contribution >= 4 is 11.8 Å². The van der Waals surface area contributed by atoms with Gasteiger partial charge in [-0.25, -0.2) is 0 Å². The first kappa shape index (κ1) is 15.2. The van der Waals surface area contributed by atoms with E-state index in [-0.39, 0.29) is 0 Å². The van der Waals surface area contributed by atoms with Crippen molar-refractivity contribution in [2.75, 3.05) is 5.75 Å². The second-order valence-corrected chi connectivity index (χ2v) is 7.97. The second-order valence-electron chi connectivity index (χ2n) is 6.91. The molecule has 2 aromatic rings. The van der Waals surface area contributed by atoms with Crippen LogP contribution in [0.4, 0.5) is 0 Å². The predicted molar refractivity (Wildman–Crippen MR) is 91.8 cm³/mol. The fourth-order valence-corrected chi connectivity index (χ4v) is 4.00. The quantitative estimate of drug-likeness (QED) is 0.515. The van der Waals surface area contributed by atoms with Crippen LogP contribution in [0, 0.1) is 6.92 Å². The van der Waals surface area contributed by atoms with Gasteiger partial charge >= 0.3 is 0 Å². The van der Waals surface area contributed by atoms with E-state index in [1.54, 1.807) is 0 Å². The summed E-state index contributed by atoms with van der Waals surface area (Å²) in [7, 11) is 0. The lowest BCUT2D eigenvalue weighted by Gasteiger charge is -2.08. The molecule has 6 heteroatoms. The summed E-state index contributed by atoms with van der Waals surface area (Å²) in [6.07, 6.45) is 13.0. The molecule has 0 amide bonds. The van der Waals surface area contributed by atoms with Gasteiger partial charge in [0, 0.05) is 30.5 Å². The zero-order valence-corrected chi connectivity index (χ0v) is 14.6. The van der Waals surface area contributed by atoms with Crippen molar-refractivity contribution in [2.24, 2.45) is 0 Å². The number of aromatic nitrogens is 5. The van der Waals surface area contributed by atoms with Crippen molar-refractivity contribution in [1.29, 1.82) is 0 Å². The number of hydrogen-bond donors (Lipinski definition) is 0. The minimum absolute atomic E-state index is 0.700. The Kier molecular flexibility index (Phi) is 4.42. The van der Waals surface area contributed by atoms with Crippen molar-refractivity contribution in [2.45, 2.75) is 75.5 Å². The average Bonchev–Trinajstić information content (AvgIpc) is 3.47. The summed E-state index contributed by atoms with van der Waals surface area (Å²) in [5.74, 6) is 3.12. The molecule has 2 aliphatic carbocycles. The third kappa shape index (κ3) is 3.79. The van der Waals surface area contributed by atoms with E-state index in [4.69, 9.17) is 0 Å². The molecule has 2 aromatic heterocycles. The molecule has 0 radical (unpaired) electrons. The summed E-state index contributed by atoms with van der Waals surface area (Å²) in [5.41, 5.74) is 1.24.